The number of hydrogen-bond donors (Lipinski definition) is 0. The van der Waals surface area contributed by atoms with Crippen molar-refractivity contribution in [2.45, 2.75) is 37.0 Å². The van der Waals surface area contributed by atoms with Gasteiger partial charge in [0.15, 0.2) is 0 Å². The van der Waals surface area contributed by atoms with Crippen molar-refractivity contribution in [2.24, 2.45) is 0 Å². The standard InChI is InChI=1S/C16H30Cl2O2Si2/c17-7-3-9-19-11-5-15-21-13-1-2-14-22-16-6-12-20-10-4-8-18/h1-2,5-6,11-12H,3-4,7-10,13-16,21-22H2. The molecule has 0 fully saturated rings. The van der Waals surface area contributed by atoms with E-state index in [4.69, 9.17) is 32.7 Å². The Balaban J connectivity index is 3.20. The summed E-state index contributed by atoms with van der Waals surface area (Å²) in [5, 5.41) is 0. The van der Waals surface area contributed by atoms with Gasteiger partial charge in [0.2, 0.25) is 0 Å². The first-order valence-electron chi connectivity index (χ1n) is 8.22. The van der Waals surface area contributed by atoms with Gasteiger partial charge in [-0.3, -0.25) is 0 Å². The molecule has 128 valence electrons. The van der Waals surface area contributed by atoms with Crippen molar-refractivity contribution in [3.05, 3.63) is 36.8 Å². The Hall–Kier alpha value is -0.166. The first-order chi connectivity index (χ1) is 10.9. The number of hydrogen-bond acceptors (Lipinski definition) is 2. The summed E-state index contributed by atoms with van der Waals surface area (Å²) < 4.78 is 10.6. The van der Waals surface area contributed by atoms with Crippen molar-refractivity contribution in [2.75, 3.05) is 25.0 Å². The summed E-state index contributed by atoms with van der Waals surface area (Å²) in [6.45, 7) is 1.47. The van der Waals surface area contributed by atoms with E-state index in [9.17, 15) is 0 Å². The molecule has 0 radical (unpaired) electrons. The third kappa shape index (κ3) is 19.8. The fourth-order valence-electron chi connectivity index (χ4n) is 1.63. The van der Waals surface area contributed by atoms with Gasteiger partial charge in [-0.05, 0) is 37.0 Å². The monoisotopic (exact) mass is 380 g/mol. The van der Waals surface area contributed by atoms with Crippen molar-refractivity contribution in [1.82, 2.24) is 0 Å². The molecule has 0 saturated carbocycles. The van der Waals surface area contributed by atoms with E-state index in [1.165, 1.54) is 24.2 Å². The highest BCUT2D eigenvalue weighted by Crippen LogP contribution is 1.96. The van der Waals surface area contributed by atoms with Crippen LogP contribution in [0.4, 0.5) is 0 Å². The summed E-state index contributed by atoms with van der Waals surface area (Å²) in [5.41, 5.74) is 0. The molecule has 2 nitrogen and oxygen atoms in total. The SMILES string of the molecule is ClCCCOC=CC[SiH2]CC=CC[SiH2]CC=COCCCCl. The Morgan fingerprint density at radius 2 is 1.05 bits per heavy atom. The molecule has 0 unspecified atom stereocenters. The minimum absolute atomic E-state index is 0.00685. The maximum Gasteiger partial charge on any atom is 0.0884 e. The minimum Gasteiger partial charge on any atom is -0.502 e. The molecule has 0 N–H and O–H groups in total. The number of rotatable bonds is 16. The molecule has 0 aliphatic rings. The summed E-state index contributed by atoms with van der Waals surface area (Å²) in [7, 11) is 0.0137. The van der Waals surface area contributed by atoms with Crippen LogP contribution >= 0.6 is 23.2 Å². The highest BCUT2D eigenvalue weighted by molar-refractivity contribution is 6.37. The van der Waals surface area contributed by atoms with E-state index in [2.05, 4.69) is 24.3 Å². The Bertz CT molecular complexity index is 270. The average molecular weight is 381 g/mol. The van der Waals surface area contributed by atoms with E-state index < -0.39 is 0 Å². The van der Waals surface area contributed by atoms with Crippen LogP contribution in [0.5, 0.6) is 0 Å². The Labute approximate surface area is 150 Å². The Morgan fingerprint density at radius 1 is 0.636 bits per heavy atom. The van der Waals surface area contributed by atoms with E-state index >= 15 is 0 Å². The number of alkyl halides is 2. The molecular weight excluding hydrogens is 351 g/mol. The third-order valence-corrected chi connectivity index (χ3v) is 6.33. The smallest absolute Gasteiger partial charge is 0.0884 e. The van der Waals surface area contributed by atoms with Gasteiger partial charge < -0.3 is 9.47 Å². The molecule has 0 saturated heterocycles. The van der Waals surface area contributed by atoms with Gasteiger partial charge in [-0.1, -0.05) is 24.3 Å². The lowest BCUT2D eigenvalue weighted by molar-refractivity contribution is 0.250. The Morgan fingerprint density at radius 3 is 1.45 bits per heavy atom. The molecule has 0 aromatic rings. The molecule has 0 rings (SSSR count). The zero-order valence-corrected chi connectivity index (χ0v) is 17.9. The second-order valence-electron chi connectivity index (χ2n) is 4.90. The van der Waals surface area contributed by atoms with Gasteiger partial charge in [-0.15, -0.1) is 23.2 Å². The van der Waals surface area contributed by atoms with Crippen LogP contribution in [0.15, 0.2) is 36.8 Å². The minimum atomic E-state index is 0.00685. The van der Waals surface area contributed by atoms with Gasteiger partial charge in [0.25, 0.3) is 0 Å². The Kier molecular flexibility index (Phi) is 20.7. The zero-order valence-electron chi connectivity index (χ0n) is 13.5. The fraction of sp³-hybridized carbons (Fsp3) is 0.625. The van der Waals surface area contributed by atoms with Gasteiger partial charge in [-0.25, -0.2) is 0 Å². The van der Waals surface area contributed by atoms with Crippen LogP contribution in [0.1, 0.15) is 12.8 Å². The maximum atomic E-state index is 5.56. The topological polar surface area (TPSA) is 18.5 Å². The van der Waals surface area contributed by atoms with Gasteiger partial charge in [0.1, 0.15) is 0 Å². The van der Waals surface area contributed by atoms with E-state index in [0.717, 1.165) is 26.1 Å². The molecule has 0 bridgehead atoms. The predicted octanol–water partition coefficient (Wildman–Crippen LogP) is 3.87. The maximum absolute atomic E-state index is 5.56. The number of ether oxygens (including phenoxy) is 2. The van der Waals surface area contributed by atoms with Crippen LogP contribution < -0.4 is 0 Å². The first kappa shape index (κ1) is 21.8. The summed E-state index contributed by atoms with van der Waals surface area (Å²) in [6.07, 6.45) is 14.5. The first-order valence-corrected chi connectivity index (χ1v) is 13.3. The molecule has 6 heteroatoms. The van der Waals surface area contributed by atoms with E-state index in [1.807, 2.05) is 12.5 Å². The van der Waals surface area contributed by atoms with Crippen molar-refractivity contribution in [1.29, 1.82) is 0 Å². The quantitative estimate of drug-likeness (QED) is 0.133. The highest BCUT2D eigenvalue weighted by Gasteiger charge is 1.86. The largest absolute Gasteiger partial charge is 0.502 e. The van der Waals surface area contributed by atoms with Gasteiger partial charge >= 0.3 is 0 Å². The molecule has 0 amide bonds. The van der Waals surface area contributed by atoms with Crippen molar-refractivity contribution in [3.63, 3.8) is 0 Å². The average Bonchev–Trinajstić information content (AvgIpc) is 2.54. The van der Waals surface area contributed by atoms with Crippen molar-refractivity contribution < 1.29 is 9.47 Å². The molecule has 0 aliphatic carbocycles. The van der Waals surface area contributed by atoms with Crippen molar-refractivity contribution >= 4 is 42.2 Å². The summed E-state index contributed by atoms with van der Waals surface area (Å²) in [6, 6.07) is 5.01. The van der Waals surface area contributed by atoms with Crippen LogP contribution in [0.3, 0.4) is 0 Å². The van der Waals surface area contributed by atoms with Crippen LogP contribution in [0.2, 0.25) is 24.2 Å². The molecule has 0 aromatic heterocycles. The molecular formula is C16H30Cl2O2Si2. The van der Waals surface area contributed by atoms with E-state index in [-0.39, 0.29) is 19.0 Å². The van der Waals surface area contributed by atoms with E-state index in [0.29, 0.717) is 11.8 Å². The molecule has 22 heavy (non-hydrogen) atoms. The molecule has 0 aliphatic heterocycles. The van der Waals surface area contributed by atoms with Crippen LogP contribution in [-0.4, -0.2) is 44.0 Å². The lowest BCUT2D eigenvalue weighted by atomic mass is 10.5. The summed E-state index contributed by atoms with van der Waals surface area (Å²) in [4.78, 5) is 0. The molecule has 0 aromatic carbocycles. The lowest BCUT2D eigenvalue weighted by Gasteiger charge is -1.96. The summed E-state index contributed by atoms with van der Waals surface area (Å²) in [5.74, 6) is 1.35. The lowest BCUT2D eigenvalue weighted by Crippen LogP contribution is -1.89. The second-order valence-corrected chi connectivity index (χ2v) is 9.38. The zero-order chi connectivity index (χ0) is 16.1. The van der Waals surface area contributed by atoms with E-state index in [1.54, 1.807) is 0 Å². The molecule has 0 atom stereocenters. The highest BCUT2D eigenvalue weighted by atomic mass is 35.5. The van der Waals surface area contributed by atoms with Gasteiger partial charge in [0, 0.05) is 30.8 Å². The van der Waals surface area contributed by atoms with Crippen molar-refractivity contribution in [3.8, 4) is 0 Å². The summed E-state index contributed by atoms with van der Waals surface area (Å²) >= 11 is 11.1. The van der Waals surface area contributed by atoms with Crippen LogP contribution in [0, 0.1) is 0 Å². The predicted molar refractivity (Wildman–Crippen MR) is 106 cm³/mol. The van der Waals surface area contributed by atoms with Crippen LogP contribution in [-0.2, 0) is 9.47 Å². The molecule has 0 spiro atoms. The second kappa shape index (κ2) is 20.8. The van der Waals surface area contributed by atoms with Crippen LogP contribution in [0.25, 0.3) is 0 Å². The number of halogens is 2. The molecule has 0 heterocycles. The normalized spacial score (nSPS) is 13.0. The number of allylic oxidation sites excluding steroid dienone is 4. The van der Waals surface area contributed by atoms with Gasteiger partial charge in [-0.2, -0.15) is 0 Å². The third-order valence-electron chi connectivity index (χ3n) is 2.83. The fourth-order valence-corrected chi connectivity index (χ4v) is 4.00. The van der Waals surface area contributed by atoms with Gasteiger partial charge in [0.05, 0.1) is 25.7 Å².